The van der Waals surface area contributed by atoms with Gasteiger partial charge in [0, 0.05) is 42.5 Å². The van der Waals surface area contributed by atoms with E-state index in [-0.39, 0.29) is 49.5 Å². The fraction of sp³-hybridized carbons (Fsp3) is 0.483. The molecular formula is C29H41N5O6. The van der Waals surface area contributed by atoms with Crippen LogP contribution in [0.4, 0.5) is 21.0 Å². The van der Waals surface area contributed by atoms with E-state index in [4.69, 9.17) is 9.47 Å². The zero-order valence-electron chi connectivity index (χ0n) is 24.1. The summed E-state index contributed by atoms with van der Waals surface area (Å²) in [6, 6.07) is 11.1. The van der Waals surface area contributed by atoms with E-state index in [2.05, 4.69) is 16.0 Å². The van der Waals surface area contributed by atoms with Crippen molar-refractivity contribution in [3.63, 3.8) is 0 Å². The summed E-state index contributed by atoms with van der Waals surface area (Å²) < 4.78 is 11.6. The highest BCUT2D eigenvalue weighted by atomic mass is 16.5. The molecule has 0 aromatic heterocycles. The van der Waals surface area contributed by atoms with Crippen LogP contribution in [0.25, 0.3) is 0 Å². The van der Waals surface area contributed by atoms with Gasteiger partial charge in [-0.2, -0.15) is 0 Å². The zero-order chi connectivity index (χ0) is 29.4. The van der Waals surface area contributed by atoms with Crippen molar-refractivity contribution >= 4 is 29.3 Å². The number of nitrogens with one attached hydrogen (secondary N) is 3. The Hall–Kier alpha value is -3.99. The van der Waals surface area contributed by atoms with Crippen molar-refractivity contribution in [2.24, 2.45) is 5.92 Å². The van der Waals surface area contributed by atoms with E-state index >= 15 is 0 Å². The van der Waals surface area contributed by atoms with Gasteiger partial charge in [0.25, 0.3) is 0 Å². The second-order valence-corrected chi connectivity index (χ2v) is 10.5. The Kier molecular flexibility index (Phi) is 10.6. The maximum Gasteiger partial charge on any atom is 0.321 e. The molecule has 1 heterocycles. The molecule has 0 saturated heterocycles. The summed E-state index contributed by atoms with van der Waals surface area (Å²) in [7, 11) is 3.26. The van der Waals surface area contributed by atoms with E-state index in [0.29, 0.717) is 35.0 Å². The Morgan fingerprint density at radius 1 is 1.12 bits per heavy atom. The third-order valence-electron chi connectivity index (χ3n) is 6.74. The second kappa shape index (κ2) is 13.9. The van der Waals surface area contributed by atoms with Crippen molar-refractivity contribution in [2.75, 3.05) is 44.5 Å². The topological polar surface area (TPSA) is 132 Å². The molecule has 40 heavy (non-hydrogen) atoms. The molecule has 5 amide bonds. The van der Waals surface area contributed by atoms with Gasteiger partial charge in [-0.25, -0.2) is 9.59 Å². The van der Waals surface area contributed by atoms with Gasteiger partial charge in [-0.1, -0.05) is 6.92 Å². The van der Waals surface area contributed by atoms with Crippen LogP contribution in [-0.4, -0.2) is 84.9 Å². The lowest BCUT2D eigenvalue weighted by Gasteiger charge is -2.34. The summed E-state index contributed by atoms with van der Waals surface area (Å²) in [5, 5.41) is 18.3. The Morgan fingerprint density at radius 3 is 2.42 bits per heavy atom. The molecule has 0 spiro atoms. The number of fused-ring (bicyclic) bond motifs is 1. The molecule has 0 bridgehead atoms. The summed E-state index contributed by atoms with van der Waals surface area (Å²) in [6.45, 7) is 7.89. The summed E-state index contributed by atoms with van der Waals surface area (Å²) in [4.78, 5) is 41.8. The molecule has 0 aliphatic carbocycles. The van der Waals surface area contributed by atoms with E-state index in [1.807, 2.05) is 20.8 Å². The lowest BCUT2D eigenvalue weighted by Crippen LogP contribution is -2.48. The van der Waals surface area contributed by atoms with Crippen LogP contribution in [0.5, 0.6) is 11.5 Å². The number of nitrogens with zero attached hydrogens (tertiary/aromatic N) is 2. The Labute approximate surface area is 235 Å². The highest BCUT2D eigenvalue weighted by Gasteiger charge is 2.32. The van der Waals surface area contributed by atoms with Gasteiger partial charge in [0.2, 0.25) is 5.91 Å². The Balaban J connectivity index is 1.84. The molecule has 0 unspecified atom stereocenters. The van der Waals surface area contributed by atoms with E-state index in [9.17, 15) is 19.5 Å². The number of benzene rings is 2. The minimum atomic E-state index is -0.465. The van der Waals surface area contributed by atoms with Crippen LogP contribution in [0.2, 0.25) is 0 Å². The van der Waals surface area contributed by atoms with Gasteiger partial charge >= 0.3 is 12.1 Å². The van der Waals surface area contributed by atoms with E-state index in [1.165, 1.54) is 4.90 Å². The number of ether oxygens (including phenoxy) is 2. The first-order valence-corrected chi connectivity index (χ1v) is 13.4. The fourth-order valence-corrected chi connectivity index (χ4v) is 4.40. The molecular weight excluding hydrogens is 514 g/mol. The maximum atomic E-state index is 13.4. The van der Waals surface area contributed by atoms with Crippen LogP contribution in [0.1, 0.15) is 33.3 Å². The van der Waals surface area contributed by atoms with Crippen molar-refractivity contribution in [3.8, 4) is 11.5 Å². The highest BCUT2D eigenvalue weighted by molar-refractivity contribution is 5.90. The highest BCUT2D eigenvalue weighted by Crippen LogP contribution is 2.29. The van der Waals surface area contributed by atoms with Crippen molar-refractivity contribution in [3.05, 3.63) is 48.0 Å². The predicted molar refractivity (Wildman–Crippen MR) is 154 cm³/mol. The third-order valence-corrected chi connectivity index (χ3v) is 6.74. The smallest absolute Gasteiger partial charge is 0.321 e. The lowest BCUT2D eigenvalue weighted by atomic mass is 10.0. The number of aliphatic hydroxyl groups excluding tert-OH is 1. The first kappa shape index (κ1) is 30.6. The molecule has 0 fully saturated rings. The first-order chi connectivity index (χ1) is 19.0. The number of hydrogen-bond acceptors (Lipinski definition) is 6. The standard InChI is InChI=1S/C29H41N5O6/c1-18(2)30-28(37)31-23-9-12-25-21(13-23)14-27(36)34(20(4)17-35)15-19(3)26(40-25)16-33(5)29(38)32-22-7-10-24(39-6)11-8-22/h7-13,18-20,26,35H,14-17H2,1-6H3,(H,32,38)(H2,30,31,37)/t19-,20+,26-/m1/s1. The molecule has 218 valence electrons. The molecule has 1 aliphatic rings. The molecule has 2 aromatic rings. The summed E-state index contributed by atoms with van der Waals surface area (Å²) >= 11 is 0. The van der Waals surface area contributed by atoms with Gasteiger partial charge in [-0.3, -0.25) is 4.79 Å². The van der Waals surface area contributed by atoms with Gasteiger partial charge < -0.3 is 40.3 Å². The Bertz CT molecular complexity index is 1170. The van der Waals surface area contributed by atoms with Crippen LogP contribution < -0.4 is 25.4 Å². The Morgan fingerprint density at radius 2 is 1.80 bits per heavy atom. The van der Waals surface area contributed by atoms with E-state index in [1.54, 1.807) is 68.4 Å². The average molecular weight is 556 g/mol. The summed E-state index contributed by atoms with van der Waals surface area (Å²) in [5.41, 5.74) is 1.75. The molecule has 11 nitrogen and oxygen atoms in total. The van der Waals surface area contributed by atoms with E-state index < -0.39 is 12.1 Å². The third kappa shape index (κ3) is 8.25. The number of methoxy groups -OCH3 is 1. The van der Waals surface area contributed by atoms with Crippen molar-refractivity contribution < 1.29 is 29.0 Å². The number of carbonyl (C=O) groups is 3. The van der Waals surface area contributed by atoms with Crippen molar-refractivity contribution in [2.45, 2.75) is 52.3 Å². The number of hydrogen-bond donors (Lipinski definition) is 4. The molecule has 0 radical (unpaired) electrons. The SMILES string of the molecule is COc1ccc(NC(=O)N(C)C[C@H]2Oc3ccc(NC(=O)NC(C)C)cc3CC(=O)N([C@@H](C)CO)C[C@H]2C)cc1. The number of aliphatic hydroxyl groups is 1. The van der Waals surface area contributed by atoms with Crippen molar-refractivity contribution in [1.82, 2.24) is 15.1 Å². The van der Waals surface area contributed by atoms with Gasteiger partial charge in [0.05, 0.1) is 32.7 Å². The van der Waals surface area contributed by atoms with Crippen LogP contribution >= 0.6 is 0 Å². The van der Waals surface area contributed by atoms with Gasteiger partial charge in [-0.15, -0.1) is 0 Å². The first-order valence-electron chi connectivity index (χ1n) is 13.4. The normalized spacial score (nSPS) is 17.9. The monoisotopic (exact) mass is 555 g/mol. The van der Waals surface area contributed by atoms with Crippen molar-refractivity contribution in [1.29, 1.82) is 0 Å². The maximum absolute atomic E-state index is 13.4. The molecule has 1 aliphatic heterocycles. The predicted octanol–water partition coefficient (Wildman–Crippen LogP) is 3.54. The molecule has 0 saturated carbocycles. The number of carbonyl (C=O) groups excluding carboxylic acids is 3. The zero-order valence-corrected chi connectivity index (χ0v) is 24.1. The molecule has 2 aromatic carbocycles. The minimum absolute atomic E-state index is 0.0348. The van der Waals surface area contributed by atoms with E-state index in [0.717, 1.165) is 0 Å². The number of likely N-dealkylation sites (N-methyl/N-ethyl adjacent to an activating group) is 1. The van der Waals surface area contributed by atoms with Crippen LogP contribution in [0.3, 0.4) is 0 Å². The molecule has 4 N–H and O–H groups in total. The second-order valence-electron chi connectivity index (χ2n) is 10.5. The van der Waals surface area contributed by atoms with Crippen LogP contribution in [0.15, 0.2) is 42.5 Å². The number of amides is 5. The molecule has 11 heteroatoms. The minimum Gasteiger partial charge on any atom is -0.497 e. The van der Waals surface area contributed by atoms with Gasteiger partial charge in [0.15, 0.2) is 0 Å². The summed E-state index contributed by atoms with van der Waals surface area (Å²) in [5.74, 6) is 0.860. The number of urea groups is 2. The van der Waals surface area contributed by atoms with Crippen LogP contribution in [-0.2, 0) is 11.2 Å². The molecule has 3 atom stereocenters. The fourth-order valence-electron chi connectivity index (χ4n) is 4.40. The summed E-state index contributed by atoms with van der Waals surface area (Å²) in [6.07, 6.45) is -0.429. The number of anilines is 2. The largest absolute Gasteiger partial charge is 0.497 e. The van der Waals surface area contributed by atoms with Crippen LogP contribution in [0, 0.1) is 5.92 Å². The average Bonchev–Trinajstić information content (AvgIpc) is 2.95. The quantitative estimate of drug-likeness (QED) is 0.394. The lowest BCUT2D eigenvalue weighted by molar-refractivity contribution is -0.134. The van der Waals surface area contributed by atoms with Gasteiger partial charge in [0.1, 0.15) is 17.6 Å². The van der Waals surface area contributed by atoms with Gasteiger partial charge in [-0.05, 0) is 63.2 Å². The number of rotatable bonds is 8. The molecule has 3 rings (SSSR count).